The van der Waals surface area contributed by atoms with Crippen LogP contribution in [0.15, 0.2) is 53.9 Å². The Morgan fingerprint density at radius 3 is 2.76 bits per heavy atom. The maximum atomic E-state index is 12.0. The average molecular weight is 409 g/mol. The molecule has 3 aromatic rings. The first-order chi connectivity index (χ1) is 14.2. The molecule has 0 saturated heterocycles. The van der Waals surface area contributed by atoms with E-state index in [-0.39, 0.29) is 19.1 Å². The van der Waals surface area contributed by atoms with Gasteiger partial charge in [-0.3, -0.25) is 4.79 Å². The fourth-order valence-electron chi connectivity index (χ4n) is 4.39. The van der Waals surface area contributed by atoms with E-state index in [0.717, 1.165) is 6.42 Å². The number of nitrogens with one attached hydrogen (secondary N) is 2. The summed E-state index contributed by atoms with van der Waals surface area (Å²) >= 11 is 1.82. The summed E-state index contributed by atoms with van der Waals surface area (Å²) in [6.45, 7) is 2.51. The van der Waals surface area contributed by atoms with Gasteiger partial charge in [0.2, 0.25) is 0 Å². The van der Waals surface area contributed by atoms with Gasteiger partial charge in [-0.2, -0.15) is 0 Å². The second kappa shape index (κ2) is 9.08. The molecule has 1 fully saturated rings. The minimum atomic E-state index is -0.131. The summed E-state index contributed by atoms with van der Waals surface area (Å²) in [5.74, 6) is 0.404. The molecule has 4 rings (SSSR count). The largest absolute Gasteiger partial charge is 0.395 e. The summed E-state index contributed by atoms with van der Waals surface area (Å²) in [4.78, 5) is 12.0. The molecule has 1 unspecified atom stereocenters. The molecule has 2 aromatic carbocycles. The van der Waals surface area contributed by atoms with Crippen LogP contribution in [0.3, 0.4) is 0 Å². The Labute approximate surface area is 176 Å². The number of amides is 1. The minimum Gasteiger partial charge on any atom is -0.395 e. The highest BCUT2D eigenvalue weighted by molar-refractivity contribution is 7.17. The molecule has 0 radical (unpaired) electrons. The molecule has 1 heterocycles. The molecule has 1 aliphatic carbocycles. The second-order valence-corrected chi connectivity index (χ2v) is 8.80. The number of carbonyl (C=O) groups is 1. The molecular formula is C24H28N2O2S. The second-order valence-electron chi connectivity index (χ2n) is 7.88. The van der Waals surface area contributed by atoms with Gasteiger partial charge in [0.25, 0.3) is 5.91 Å². The Morgan fingerprint density at radius 1 is 1.17 bits per heavy atom. The molecule has 29 heavy (non-hydrogen) atoms. The smallest absolute Gasteiger partial charge is 0.251 e. The lowest BCUT2D eigenvalue weighted by molar-refractivity contribution is 0.0944. The van der Waals surface area contributed by atoms with E-state index in [4.69, 9.17) is 5.11 Å². The first-order valence-electron chi connectivity index (χ1n) is 10.4. The van der Waals surface area contributed by atoms with Crippen molar-refractivity contribution in [2.24, 2.45) is 0 Å². The molecule has 0 spiro atoms. The Hall–Kier alpha value is -2.21. The van der Waals surface area contributed by atoms with Crippen LogP contribution in [0.1, 0.15) is 59.6 Å². The first-order valence-corrected chi connectivity index (χ1v) is 11.2. The van der Waals surface area contributed by atoms with Crippen LogP contribution >= 0.6 is 11.3 Å². The number of carbonyl (C=O) groups excluding carboxylic acids is 1. The number of aliphatic hydroxyl groups excluding tert-OH is 1. The molecule has 152 valence electrons. The third-order valence-electron chi connectivity index (χ3n) is 5.94. The van der Waals surface area contributed by atoms with Gasteiger partial charge < -0.3 is 15.7 Å². The maximum Gasteiger partial charge on any atom is 0.251 e. The summed E-state index contributed by atoms with van der Waals surface area (Å²) in [6, 6.07) is 17.4. The van der Waals surface area contributed by atoms with Gasteiger partial charge in [0.05, 0.1) is 6.61 Å². The molecule has 5 heteroatoms. The van der Waals surface area contributed by atoms with Crippen molar-refractivity contribution in [1.29, 1.82) is 0 Å². The first kappa shape index (κ1) is 20.1. The van der Waals surface area contributed by atoms with E-state index >= 15 is 0 Å². The van der Waals surface area contributed by atoms with Gasteiger partial charge in [-0.25, -0.2) is 0 Å². The van der Waals surface area contributed by atoms with Crippen molar-refractivity contribution in [2.45, 2.75) is 44.2 Å². The number of benzene rings is 2. The normalized spacial score (nSPS) is 20.1. The molecule has 3 N–H and O–H groups in total. The summed E-state index contributed by atoms with van der Waals surface area (Å²) in [5, 5.41) is 19.0. The number of rotatable bonds is 7. The summed E-state index contributed by atoms with van der Waals surface area (Å²) in [5.41, 5.74) is 3.35. The van der Waals surface area contributed by atoms with Gasteiger partial charge in [0.15, 0.2) is 0 Å². The average Bonchev–Trinajstić information content (AvgIpc) is 3.39. The molecule has 1 saturated carbocycles. The van der Waals surface area contributed by atoms with Crippen molar-refractivity contribution in [3.05, 3.63) is 70.6 Å². The Morgan fingerprint density at radius 2 is 1.97 bits per heavy atom. The van der Waals surface area contributed by atoms with Crippen molar-refractivity contribution in [1.82, 2.24) is 10.6 Å². The fraction of sp³-hybridized carbons (Fsp3) is 0.375. The zero-order valence-electron chi connectivity index (χ0n) is 16.7. The maximum absolute atomic E-state index is 12.0. The molecule has 1 amide bonds. The third kappa shape index (κ3) is 4.53. The summed E-state index contributed by atoms with van der Waals surface area (Å²) in [7, 11) is 0. The SMILES string of the molecule is C[C@@H](NC1CC[C@H](c2ccc(C(=O)NCCO)cc2)C1)c1csc2ccccc12. The molecule has 4 nitrogen and oxygen atoms in total. The van der Waals surface area contributed by atoms with Gasteiger partial charge in [-0.05, 0) is 72.2 Å². The highest BCUT2D eigenvalue weighted by Gasteiger charge is 2.27. The van der Waals surface area contributed by atoms with E-state index < -0.39 is 0 Å². The minimum absolute atomic E-state index is 0.0418. The summed E-state index contributed by atoms with van der Waals surface area (Å²) < 4.78 is 1.35. The van der Waals surface area contributed by atoms with Crippen LogP contribution in [-0.2, 0) is 0 Å². The lowest BCUT2D eigenvalue weighted by Gasteiger charge is -2.20. The van der Waals surface area contributed by atoms with E-state index in [9.17, 15) is 4.79 Å². The predicted molar refractivity (Wildman–Crippen MR) is 120 cm³/mol. The van der Waals surface area contributed by atoms with Crippen LogP contribution in [-0.4, -0.2) is 30.2 Å². The van der Waals surface area contributed by atoms with Crippen molar-refractivity contribution in [3.8, 4) is 0 Å². The van der Waals surface area contributed by atoms with E-state index in [1.54, 1.807) is 0 Å². The quantitative estimate of drug-likeness (QED) is 0.535. The highest BCUT2D eigenvalue weighted by atomic mass is 32.1. The number of hydrogen-bond donors (Lipinski definition) is 3. The number of thiophene rings is 1. The zero-order chi connectivity index (χ0) is 20.2. The highest BCUT2D eigenvalue weighted by Crippen LogP contribution is 2.37. The van der Waals surface area contributed by atoms with Gasteiger partial charge in [0.1, 0.15) is 0 Å². The monoisotopic (exact) mass is 408 g/mol. The Bertz CT molecular complexity index is 966. The van der Waals surface area contributed by atoms with E-state index in [1.165, 1.54) is 34.1 Å². The Kier molecular flexibility index (Phi) is 6.28. The molecule has 0 bridgehead atoms. The number of fused-ring (bicyclic) bond motifs is 1. The number of aliphatic hydroxyl groups is 1. The van der Waals surface area contributed by atoms with Crippen LogP contribution in [0.5, 0.6) is 0 Å². The van der Waals surface area contributed by atoms with Crippen LogP contribution in [0.25, 0.3) is 10.1 Å². The lowest BCUT2D eigenvalue weighted by Crippen LogP contribution is -2.29. The van der Waals surface area contributed by atoms with Crippen molar-refractivity contribution in [3.63, 3.8) is 0 Å². The van der Waals surface area contributed by atoms with E-state index in [0.29, 0.717) is 23.6 Å². The molecule has 0 aliphatic heterocycles. The van der Waals surface area contributed by atoms with Crippen LogP contribution < -0.4 is 10.6 Å². The van der Waals surface area contributed by atoms with Gasteiger partial charge in [-0.15, -0.1) is 11.3 Å². The van der Waals surface area contributed by atoms with E-state index in [2.05, 4.69) is 59.3 Å². The fourth-order valence-corrected chi connectivity index (χ4v) is 5.45. The van der Waals surface area contributed by atoms with Crippen LogP contribution in [0.2, 0.25) is 0 Å². The molecule has 3 atom stereocenters. The van der Waals surface area contributed by atoms with Crippen molar-refractivity contribution < 1.29 is 9.90 Å². The standard InChI is InChI=1S/C24H28N2O2S/c1-16(22-15-29-23-5-3-2-4-21(22)23)26-20-11-10-19(14-20)17-6-8-18(9-7-17)24(28)25-12-13-27/h2-9,15-16,19-20,26-27H,10-14H2,1H3,(H,25,28)/t16-,19+,20?/m1/s1. The van der Waals surface area contributed by atoms with Gasteiger partial charge >= 0.3 is 0 Å². The van der Waals surface area contributed by atoms with Gasteiger partial charge in [-0.1, -0.05) is 30.3 Å². The summed E-state index contributed by atoms with van der Waals surface area (Å²) in [6.07, 6.45) is 3.48. The van der Waals surface area contributed by atoms with Gasteiger partial charge in [0, 0.05) is 28.9 Å². The Balaban J connectivity index is 1.36. The van der Waals surface area contributed by atoms with Crippen LogP contribution in [0, 0.1) is 0 Å². The molecule has 1 aromatic heterocycles. The topological polar surface area (TPSA) is 61.4 Å². The van der Waals surface area contributed by atoms with E-state index in [1.807, 2.05) is 23.5 Å². The molecular weight excluding hydrogens is 380 g/mol. The predicted octanol–water partition coefficient (Wildman–Crippen LogP) is 4.61. The van der Waals surface area contributed by atoms with Crippen LogP contribution in [0.4, 0.5) is 0 Å². The molecule has 1 aliphatic rings. The number of hydrogen-bond acceptors (Lipinski definition) is 4. The lowest BCUT2D eigenvalue weighted by atomic mass is 9.96. The zero-order valence-corrected chi connectivity index (χ0v) is 17.5. The third-order valence-corrected chi connectivity index (χ3v) is 6.92. The van der Waals surface area contributed by atoms with Crippen molar-refractivity contribution >= 4 is 27.3 Å². The van der Waals surface area contributed by atoms with Crippen molar-refractivity contribution in [2.75, 3.05) is 13.2 Å².